The van der Waals surface area contributed by atoms with Crippen LogP contribution in [0.5, 0.6) is 0 Å². The topological polar surface area (TPSA) is 26.3 Å². The summed E-state index contributed by atoms with van der Waals surface area (Å²) >= 11 is 0. The first-order valence-electron chi connectivity index (χ1n) is 5.47. The molecule has 80 valence electrons. The van der Waals surface area contributed by atoms with Gasteiger partial charge in [-0.25, -0.2) is 4.79 Å². The van der Waals surface area contributed by atoms with Gasteiger partial charge in [-0.3, -0.25) is 0 Å². The van der Waals surface area contributed by atoms with Gasteiger partial charge in [0.25, 0.3) is 0 Å². The first-order valence-corrected chi connectivity index (χ1v) is 5.47. The molecule has 0 amide bonds. The lowest BCUT2D eigenvalue weighted by Crippen LogP contribution is -2.27. The lowest BCUT2D eigenvalue weighted by Gasteiger charge is -2.37. The number of hydrogen-bond acceptors (Lipinski definition) is 2. The van der Waals surface area contributed by atoms with Crippen molar-refractivity contribution < 1.29 is 9.53 Å². The van der Waals surface area contributed by atoms with Gasteiger partial charge in [-0.15, -0.1) is 0 Å². The molecule has 0 unspecified atom stereocenters. The number of methoxy groups -OCH3 is 1. The number of allylic oxidation sites excluding steroid dienone is 1. The Kier molecular flexibility index (Phi) is 4.18. The van der Waals surface area contributed by atoms with Crippen LogP contribution < -0.4 is 0 Å². The van der Waals surface area contributed by atoms with E-state index in [1.54, 1.807) is 6.08 Å². The highest BCUT2D eigenvalue weighted by atomic mass is 16.5. The third-order valence-corrected chi connectivity index (χ3v) is 3.22. The van der Waals surface area contributed by atoms with Crippen molar-refractivity contribution in [3.05, 3.63) is 11.6 Å². The second-order valence-corrected chi connectivity index (χ2v) is 4.14. The predicted molar refractivity (Wildman–Crippen MR) is 56.9 cm³/mol. The molecule has 1 aliphatic carbocycles. The minimum atomic E-state index is -0.208. The fourth-order valence-electron chi connectivity index (χ4n) is 2.03. The summed E-state index contributed by atoms with van der Waals surface area (Å²) in [5.41, 5.74) is 1.26. The minimum absolute atomic E-state index is 0.208. The van der Waals surface area contributed by atoms with Crippen LogP contribution in [-0.2, 0) is 9.53 Å². The SMILES string of the molecule is CCCC[C@H]1C/C(=C/C(=O)OC)[C@H]1C. The molecule has 0 aromatic heterocycles. The van der Waals surface area contributed by atoms with Crippen molar-refractivity contribution in [3.8, 4) is 0 Å². The molecule has 2 heteroatoms. The Hall–Kier alpha value is -0.790. The molecular weight excluding hydrogens is 176 g/mol. The van der Waals surface area contributed by atoms with E-state index in [4.69, 9.17) is 0 Å². The molecule has 0 saturated heterocycles. The van der Waals surface area contributed by atoms with Gasteiger partial charge in [0.05, 0.1) is 7.11 Å². The van der Waals surface area contributed by atoms with Crippen molar-refractivity contribution in [1.29, 1.82) is 0 Å². The van der Waals surface area contributed by atoms with Crippen LogP contribution in [0.1, 0.15) is 39.5 Å². The van der Waals surface area contributed by atoms with Gasteiger partial charge in [0.15, 0.2) is 0 Å². The molecular formula is C12H20O2. The van der Waals surface area contributed by atoms with E-state index in [0.29, 0.717) is 5.92 Å². The van der Waals surface area contributed by atoms with Gasteiger partial charge >= 0.3 is 5.97 Å². The smallest absolute Gasteiger partial charge is 0.330 e. The molecule has 0 spiro atoms. The van der Waals surface area contributed by atoms with Crippen molar-refractivity contribution in [2.45, 2.75) is 39.5 Å². The summed E-state index contributed by atoms with van der Waals surface area (Å²) < 4.78 is 4.61. The number of rotatable bonds is 4. The van der Waals surface area contributed by atoms with Gasteiger partial charge in [-0.1, -0.05) is 32.3 Å². The van der Waals surface area contributed by atoms with E-state index in [2.05, 4.69) is 18.6 Å². The lowest BCUT2D eigenvalue weighted by molar-refractivity contribution is -0.135. The summed E-state index contributed by atoms with van der Waals surface area (Å²) in [6.07, 6.45) is 6.62. The molecule has 14 heavy (non-hydrogen) atoms. The largest absolute Gasteiger partial charge is 0.466 e. The van der Waals surface area contributed by atoms with Crippen LogP contribution in [0.25, 0.3) is 0 Å². The van der Waals surface area contributed by atoms with Crippen LogP contribution in [0.3, 0.4) is 0 Å². The van der Waals surface area contributed by atoms with Crippen molar-refractivity contribution in [2.24, 2.45) is 11.8 Å². The van der Waals surface area contributed by atoms with Crippen molar-refractivity contribution in [2.75, 3.05) is 7.11 Å². The average molecular weight is 196 g/mol. The van der Waals surface area contributed by atoms with E-state index in [-0.39, 0.29) is 5.97 Å². The maximum atomic E-state index is 11.0. The quantitative estimate of drug-likeness (QED) is 0.510. The number of hydrogen-bond donors (Lipinski definition) is 0. The molecule has 1 fully saturated rings. The fraction of sp³-hybridized carbons (Fsp3) is 0.750. The predicted octanol–water partition coefficient (Wildman–Crippen LogP) is 2.93. The zero-order valence-corrected chi connectivity index (χ0v) is 9.38. The van der Waals surface area contributed by atoms with Gasteiger partial charge in [-0.2, -0.15) is 0 Å². The van der Waals surface area contributed by atoms with Crippen molar-refractivity contribution in [3.63, 3.8) is 0 Å². The van der Waals surface area contributed by atoms with Crippen molar-refractivity contribution >= 4 is 5.97 Å². The molecule has 1 saturated carbocycles. The monoisotopic (exact) mass is 196 g/mol. The van der Waals surface area contributed by atoms with Gasteiger partial charge in [0, 0.05) is 6.08 Å². The summed E-state index contributed by atoms with van der Waals surface area (Å²) in [7, 11) is 1.43. The van der Waals surface area contributed by atoms with E-state index in [9.17, 15) is 4.79 Å². The van der Waals surface area contributed by atoms with Gasteiger partial charge < -0.3 is 4.74 Å². The maximum Gasteiger partial charge on any atom is 0.330 e. The van der Waals surface area contributed by atoms with Crippen LogP contribution in [0.15, 0.2) is 11.6 Å². The summed E-state index contributed by atoms with van der Waals surface area (Å²) in [6, 6.07) is 0. The molecule has 0 aromatic rings. The Morgan fingerprint density at radius 1 is 1.64 bits per heavy atom. The highest BCUT2D eigenvalue weighted by Gasteiger charge is 2.31. The highest BCUT2D eigenvalue weighted by Crippen LogP contribution is 2.42. The molecule has 1 aliphatic rings. The van der Waals surface area contributed by atoms with E-state index < -0.39 is 0 Å². The molecule has 1 rings (SSSR count). The normalized spacial score (nSPS) is 28.6. The Bertz CT molecular complexity index is 230. The van der Waals surface area contributed by atoms with Gasteiger partial charge in [0.1, 0.15) is 0 Å². The Labute approximate surface area is 86.3 Å². The van der Waals surface area contributed by atoms with Crippen LogP contribution in [0.4, 0.5) is 0 Å². The van der Waals surface area contributed by atoms with E-state index in [1.165, 1.54) is 31.9 Å². The third kappa shape index (κ3) is 2.60. The van der Waals surface area contributed by atoms with Crippen molar-refractivity contribution in [1.82, 2.24) is 0 Å². The number of unbranched alkanes of at least 4 members (excludes halogenated alkanes) is 1. The Morgan fingerprint density at radius 2 is 2.36 bits per heavy atom. The molecule has 0 radical (unpaired) electrons. The maximum absolute atomic E-state index is 11.0. The van der Waals surface area contributed by atoms with E-state index in [1.807, 2.05) is 0 Å². The highest BCUT2D eigenvalue weighted by molar-refractivity contribution is 5.83. The van der Waals surface area contributed by atoms with Crippen LogP contribution in [-0.4, -0.2) is 13.1 Å². The molecule has 0 N–H and O–H groups in total. The lowest BCUT2D eigenvalue weighted by atomic mass is 9.68. The second kappa shape index (κ2) is 5.18. The van der Waals surface area contributed by atoms with E-state index >= 15 is 0 Å². The first-order chi connectivity index (χ1) is 6.69. The molecule has 0 aromatic carbocycles. The average Bonchev–Trinajstić information content (AvgIpc) is 2.21. The van der Waals surface area contributed by atoms with Crippen LogP contribution >= 0.6 is 0 Å². The fourth-order valence-corrected chi connectivity index (χ4v) is 2.03. The van der Waals surface area contributed by atoms with Gasteiger partial charge in [0.2, 0.25) is 0 Å². The third-order valence-electron chi connectivity index (χ3n) is 3.22. The molecule has 0 heterocycles. The number of esters is 1. The zero-order chi connectivity index (χ0) is 10.6. The number of carbonyl (C=O) groups excluding carboxylic acids is 1. The van der Waals surface area contributed by atoms with Gasteiger partial charge in [-0.05, 0) is 24.7 Å². The molecule has 0 aliphatic heterocycles. The number of ether oxygens (including phenoxy) is 1. The summed E-state index contributed by atoms with van der Waals surface area (Å²) in [5.74, 6) is 1.17. The Balaban J connectivity index is 2.35. The standard InChI is InChI=1S/C12H20O2/c1-4-5-6-10-7-11(9(10)2)8-12(13)14-3/h8-10H,4-7H2,1-3H3/b11-8-/t9-,10-/m0/s1. The number of carbonyl (C=O) groups is 1. The van der Waals surface area contributed by atoms with Crippen LogP contribution in [0.2, 0.25) is 0 Å². The summed E-state index contributed by atoms with van der Waals surface area (Å²) in [5, 5.41) is 0. The molecule has 2 atom stereocenters. The zero-order valence-electron chi connectivity index (χ0n) is 9.38. The molecule has 0 bridgehead atoms. The summed E-state index contributed by atoms with van der Waals surface area (Å²) in [6.45, 7) is 4.42. The second-order valence-electron chi connectivity index (χ2n) is 4.14. The Morgan fingerprint density at radius 3 is 2.86 bits per heavy atom. The minimum Gasteiger partial charge on any atom is -0.466 e. The molecule has 2 nitrogen and oxygen atoms in total. The summed E-state index contributed by atoms with van der Waals surface area (Å²) in [4.78, 5) is 11.0. The first kappa shape index (κ1) is 11.3. The van der Waals surface area contributed by atoms with Crippen LogP contribution in [0, 0.1) is 11.8 Å². The van der Waals surface area contributed by atoms with E-state index in [0.717, 1.165) is 12.3 Å².